The van der Waals surface area contributed by atoms with E-state index in [-0.39, 0.29) is 24.0 Å². The Morgan fingerprint density at radius 2 is 1.92 bits per heavy atom. The molecule has 2 atom stereocenters. The van der Waals surface area contributed by atoms with Gasteiger partial charge in [0.15, 0.2) is 0 Å². The number of amides is 1. The molecule has 1 aliphatic heterocycles. The third-order valence-electron chi connectivity index (χ3n) is 6.25. The molecule has 4 rings (SSSR count). The van der Waals surface area contributed by atoms with Crippen LogP contribution in [-0.2, 0) is 11.2 Å². The Labute approximate surface area is 150 Å². The molecule has 2 fully saturated rings. The number of piperazine rings is 1. The van der Waals surface area contributed by atoms with Crippen LogP contribution >= 0.6 is 0 Å². The molecule has 136 valence electrons. The quantitative estimate of drug-likeness (QED) is 0.843. The van der Waals surface area contributed by atoms with Crippen molar-refractivity contribution in [2.45, 2.75) is 37.8 Å². The molecule has 2 N–H and O–H groups in total. The van der Waals surface area contributed by atoms with Gasteiger partial charge in [0.05, 0.1) is 6.10 Å². The van der Waals surface area contributed by atoms with Crippen LogP contribution in [0.2, 0.25) is 0 Å². The summed E-state index contributed by atoms with van der Waals surface area (Å²) in [5.41, 5.74) is 2.40. The van der Waals surface area contributed by atoms with Crippen LogP contribution in [0, 0.1) is 5.92 Å². The summed E-state index contributed by atoms with van der Waals surface area (Å²) in [5, 5.41) is 13.7. The van der Waals surface area contributed by atoms with Crippen LogP contribution in [0.4, 0.5) is 0 Å². The first-order valence-corrected chi connectivity index (χ1v) is 9.72. The second kappa shape index (κ2) is 7.44. The number of rotatable bonds is 5. The van der Waals surface area contributed by atoms with Crippen molar-refractivity contribution in [2.75, 3.05) is 39.3 Å². The smallest absolute Gasteiger partial charge is 0.223 e. The van der Waals surface area contributed by atoms with E-state index in [0.29, 0.717) is 0 Å². The van der Waals surface area contributed by atoms with Gasteiger partial charge >= 0.3 is 0 Å². The predicted molar refractivity (Wildman–Crippen MR) is 97.3 cm³/mol. The Hall–Kier alpha value is -1.43. The van der Waals surface area contributed by atoms with E-state index in [0.717, 1.165) is 64.1 Å². The number of carbonyl (C=O) groups excluding carboxylic acids is 1. The number of fused-ring (bicyclic) bond motifs is 1. The van der Waals surface area contributed by atoms with Crippen molar-refractivity contribution >= 4 is 5.91 Å². The van der Waals surface area contributed by atoms with Crippen molar-refractivity contribution in [2.24, 2.45) is 5.92 Å². The molecule has 0 radical (unpaired) electrons. The molecule has 1 saturated carbocycles. The third-order valence-corrected chi connectivity index (χ3v) is 6.25. The molecule has 5 heteroatoms. The summed E-state index contributed by atoms with van der Waals surface area (Å²) < 4.78 is 0. The van der Waals surface area contributed by atoms with E-state index in [2.05, 4.69) is 33.3 Å². The number of hydrogen-bond acceptors (Lipinski definition) is 4. The van der Waals surface area contributed by atoms with Crippen molar-refractivity contribution < 1.29 is 9.90 Å². The summed E-state index contributed by atoms with van der Waals surface area (Å²) in [5.74, 6) is 0.527. The van der Waals surface area contributed by atoms with Crippen molar-refractivity contribution in [1.82, 2.24) is 15.1 Å². The summed E-state index contributed by atoms with van der Waals surface area (Å²) in [7, 11) is 0. The van der Waals surface area contributed by atoms with Gasteiger partial charge in [0.1, 0.15) is 0 Å². The molecule has 1 heterocycles. The summed E-state index contributed by atoms with van der Waals surface area (Å²) >= 11 is 0. The molecule has 0 bridgehead atoms. The summed E-state index contributed by atoms with van der Waals surface area (Å²) in [6.45, 7) is 5.70. The van der Waals surface area contributed by atoms with Gasteiger partial charge in [-0.3, -0.25) is 14.6 Å². The van der Waals surface area contributed by atoms with Crippen molar-refractivity contribution in [3.8, 4) is 0 Å². The number of aliphatic hydroxyl groups is 1. The highest BCUT2D eigenvalue weighted by Crippen LogP contribution is 2.34. The van der Waals surface area contributed by atoms with Gasteiger partial charge in [-0.05, 0) is 30.4 Å². The first-order chi connectivity index (χ1) is 12.2. The Morgan fingerprint density at radius 1 is 1.16 bits per heavy atom. The molecule has 5 nitrogen and oxygen atoms in total. The highest BCUT2D eigenvalue weighted by Gasteiger charge is 2.36. The van der Waals surface area contributed by atoms with Gasteiger partial charge in [-0.1, -0.05) is 30.7 Å². The highest BCUT2D eigenvalue weighted by molar-refractivity contribution is 5.79. The second-order valence-corrected chi connectivity index (χ2v) is 7.71. The van der Waals surface area contributed by atoms with Crippen LogP contribution in [0.5, 0.6) is 0 Å². The van der Waals surface area contributed by atoms with Crippen LogP contribution in [0.3, 0.4) is 0 Å². The number of aliphatic hydroxyl groups excluding tert-OH is 1. The van der Waals surface area contributed by atoms with Crippen LogP contribution in [0.15, 0.2) is 24.3 Å². The molecule has 25 heavy (non-hydrogen) atoms. The summed E-state index contributed by atoms with van der Waals surface area (Å²) in [6.07, 6.45) is 3.93. The third kappa shape index (κ3) is 3.59. The van der Waals surface area contributed by atoms with Crippen LogP contribution in [0.1, 0.15) is 36.5 Å². The lowest BCUT2D eigenvalue weighted by Gasteiger charge is -2.39. The Balaban J connectivity index is 1.20. The molecule has 2 aliphatic carbocycles. The van der Waals surface area contributed by atoms with Gasteiger partial charge < -0.3 is 10.4 Å². The lowest BCUT2D eigenvalue weighted by Crippen LogP contribution is -2.52. The van der Waals surface area contributed by atoms with E-state index < -0.39 is 0 Å². The maximum atomic E-state index is 11.9. The van der Waals surface area contributed by atoms with Gasteiger partial charge in [0, 0.05) is 51.2 Å². The molecule has 1 amide bonds. The van der Waals surface area contributed by atoms with Gasteiger partial charge in [0.2, 0.25) is 5.91 Å². The average molecular weight is 343 g/mol. The van der Waals surface area contributed by atoms with Crippen molar-refractivity contribution in [1.29, 1.82) is 0 Å². The average Bonchev–Trinajstić information content (AvgIpc) is 2.91. The van der Waals surface area contributed by atoms with Gasteiger partial charge in [0.25, 0.3) is 0 Å². The fourth-order valence-corrected chi connectivity index (χ4v) is 4.35. The zero-order valence-corrected chi connectivity index (χ0v) is 14.9. The minimum atomic E-state index is -0.357. The lowest BCUT2D eigenvalue weighted by atomic mass is 9.85. The van der Waals surface area contributed by atoms with E-state index >= 15 is 0 Å². The largest absolute Gasteiger partial charge is 0.387 e. The minimum Gasteiger partial charge on any atom is -0.387 e. The molecule has 0 aromatic heterocycles. The molecule has 3 aliphatic rings. The molecule has 1 aromatic carbocycles. The number of carbonyl (C=O) groups is 1. The standard InChI is InChI=1S/C20H29N3O2/c24-19-17-7-2-1-4-16(17)14-18(19)23-12-10-22(11-13-23)9-8-21-20(25)15-5-3-6-15/h1-2,4,7,15,18-19,24H,3,5-6,8-14H2,(H,21,25)/t18-,19-/m0/s1. The van der Waals surface area contributed by atoms with Gasteiger partial charge in [-0.2, -0.15) is 0 Å². The normalized spacial score (nSPS) is 27.7. The first kappa shape index (κ1) is 17.0. The topological polar surface area (TPSA) is 55.8 Å². The molecule has 0 unspecified atom stereocenters. The number of nitrogens with one attached hydrogen (secondary N) is 1. The highest BCUT2D eigenvalue weighted by atomic mass is 16.3. The monoisotopic (exact) mass is 343 g/mol. The molecular formula is C20H29N3O2. The SMILES string of the molecule is O=C(NCCN1CCN([C@H]2Cc3ccccc3[C@@H]2O)CC1)C1CCC1. The van der Waals surface area contributed by atoms with Crippen molar-refractivity contribution in [3.63, 3.8) is 0 Å². The zero-order valence-electron chi connectivity index (χ0n) is 14.9. The summed E-state index contributed by atoms with van der Waals surface area (Å²) in [4.78, 5) is 16.7. The van der Waals surface area contributed by atoms with E-state index in [4.69, 9.17) is 0 Å². The maximum absolute atomic E-state index is 11.9. The Morgan fingerprint density at radius 3 is 2.60 bits per heavy atom. The van der Waals surface area contributed by atoms with E-state index in [1.165, 1.54) is 12.0 Å². The van der Waals surface area contributed by atoms with Crippen LogP contribution in [-0.4, -0.2) is 66.1 Å². The maximum Gasteiger partial charge on any atom is 0.223 e. The fraction of sp³-hybridized carbons (Fsp3) is 0.650. The number of hydrogen-bond donors (Lipinski definition) is 2. The van der Waals surface area contributed by atoms with Crippen LogP contribution < -0.4 is 5.32 Å². The fourth-order valence-electron chi connectivity index (χ4n) is 4.35. The van der Waals surface area contributed by atoms with Crippen molar-refractivity contribution in [3.05, 3.63) is 35.4 Å². The lowest BCUT2D eigenvalue weighted by molar-refractivity contribution is -0.127. The van der Waals surface area contributed by atoms with E-state index in [1.807, 2.05) is 6.07 Å². The second-order valence-electron chi connectivity index (χ2n) is 7.71. The Bertz CT molecular complexity index is 609. The number of benzene rings is 1. The number of nitrogens with zero attached hydrogens (tertiary/aromatic N) is 2. The van der Waals surface area contributed by atoms with Gasteiger partial charge in [-0.15, -0.1) is 0 Å². The van der Waals surface area contributed by atoms with E-state index in [9.17, 15) is 9.90 Å². The predicted octanol–water partition coefficient (Wildman–Crippen LogP) is 1.18. The molecule has 1 aromatic rings. The zero-order chi connectivity index (χ0) is 17.2. The Kier molecular flexibility index (Phi) is 5.06. The summed E-state index contributed by atoms with van der Waals surface area (Å²) in [6, 6.07) is 8.49. The first-order valence-electron chi connectivity index (χ1n) is 9.72. The molecule has 1 saturated heterocycles. The van der Waals surface area contributed by atoms with Gasteiger partial charge in [-0.25, -0.2) is 0 Å². The van der Waals surface area contributed by atoms with E-state index in [1.54, 1.807) is 0 Å². The molecule has 0 spiro atoms. The minimum absolute atomic E-state index is 0.220. The van der Waals surface area contributed by atoms with Crippen LogP contribution in [0.25, 0.3) is 0 Å². The molecular weight excluding hydrogens is 314 g/mol.